The number of halogens is 2. The highest BCUT2D eigenvalue weighted by molar-refractivity contribution is 7.98. The summed E-state index contributed by atoms with van der Waals surface area (Å²) < 4.78 is 35.2. The van der Waals surface area contributed by atoms with E-state index in [1.807, 2.05) is 62.4 Å². The second-order valence-corrected chi connectivity index (χ2v) is 12.1. The van der Waals surface area contributed by atoms with Crippen molar-refractivity contribution < 1.29 is 8.42 Å². The van der Waals surface area contributed by atoms with Crippen molar-refractivity contribution in [2.75, 3.05) is 0 Å². The van der Waals surface area contributed by atoms with Crippen LogP contribution in [0.3, 0.4) is 0 Å². The van der Waals surface area contributed by atoms with Crippen LogP contribution in [0.5, 0.6) is 0 Å². The third-order valence-electron chi connectivity index (χ3n) is 5.10. The van der Waals surface area contributed by atoms with Gasteiger partial charge in [0.05, 0.1) is 19.8 Å². The molecule has 0 aromatic heterocycles. The number of rotatable bonds is 8. The Balaban J connectivity index is 1.57. The first-order valence-electron chi connectivity index (χ1n) is 10.9. The van der Waals surface area contributed by atoms with Crippen LogP contribution in [0, 0.1) is 13.8 Å². The zero-order valence-electron chi connectivity index (χ0n) is 19.7. The van der Waals surface area contributed by atoms with Crippen LogP contribution in [0.15, 0.2) is 124 Å². The fourth-order valence-electron chi connectivity index (χ4n) is 3.11. The summed E-state index contributed by atoms with van der Waals surface area (Å²) in [4.78, 5) is 1.53. The van der Waals surface area contributed by atoms with Gasteiger partial charge >= 0.3 is 0 Å². The number of hydrogen-bond donors (Lipinski definition) is 0. The minimum Gasteiger partial charge on any atom is -0.218 e. The van der Waals surface area contributed by atoms with Crippen LogP contribution >= 0.6 is 47.1 Å². The molecule has 4 aromatic carbocycles. The van der Waals surface area contributed by atoms with Crippen LogP contribution in [0.25, 0.3) is 0 Å². The summed E-state index contributed by atoms with van der Waals surface area (Å²) >= 11 is 15.3. The fourth-order valence-corrected chi connectivity index (χ4v) is 6.44. The Kier molecular flexibility index (Phi) is 9.04. The molecule has 0 spiro atoms. The topological polar surface area (TPSA) is 83.6 Å². The van der Waals surface area contributed by atoms with Gasteiger partial charge in [0.2, 0.25) is 9.84 Å². The maximum absolute atomic E-state index is 13.5. The van der Waals surface area contributed by atoms with Gasteiger partial charge in [0.1, 0.15) is 11.4 Å². The molecule has 0 saturated carbocycles. The smallest absolute Gasteiger partial charge is 0.209 e. The summed E-state index contributed by atoms with van der Waals surface area (Å²) in [7, 11) is -4.09. The highest BCUT2D eigenvalue weighted by Crippen LogP contribution is 2.40. The Hall–Kier alpha value is -2.69. The van der Waals surface area contributed by atoms with Gasteiger partial charge in [-0.2, -0.15) is 0 Å². The first-order valence-corrected chi connectivity index (χ1v) is 14.7. The maximum Gasteiger partial charge on any atom is 0.209 e. The summed E-state index contributed by atoms with van der Waals surface area (Å²) in [5.74, 6) is 0. The zero-order valence-corrected chi connectivity index (χ0v) is 23.6. The fraction of sp³-hybridized carbons (Fsp3) is 0.0769. The van der Waals surface area contributed by atoms with Gasteiger partial charge in [-0.3, -0.25) is 0 Å². The molecule has 0 aliphatic heterocycles. The lowest BCUT2D eigenvalue weighted by Crippen LogP contribution is -2.03. The average Bonchev–Trinajstić information content (AvgIpc) is 2.88. The molecule has 4 aromatic rings. The van der Waals surface area contributed by atoms with E-state index in [4.69, 9.17) is 23.2 Å². The Bertz CT molecular complexity index is 1460. The molecule has 188 valence electrons. The highest BCUT2D eigenvalue weighted by Gasteiger charge is 2.26. The molecular weight excluding hydrogens is 567 g/mol. The largest absolute Gasteiger partial charge is 0.218 e. The molecule has 37 heavy (non-hydrogen) atoms. The zero-order chi connectivity index (χ0) is 26.4. The van der Waals surface area contributed by atoms with Crippen molar-refractivity contribution in [3.8, 4) is 0 Å². The molecule has 0 aliphatic rings. The minimum atomic E-state index is -4.09. The van der Waals surface area contributed by atoms with E-state index in [9.17, 15) is 8.42 Å². The predicted octanol–water partition coefficient (Wildman–Crippen LogP) is 10.0. The van der Waals surface area contributed by atoms with Crippen LogP contribution in [0.2, 0.25) is 10.0 Å². The van der Waals surface area contributed by atoms with Crippen LogP contribution < -0.4 is 0 Å². The number of aryl methyl sites for hydroxylation is 2. The molecule has 11 heteroatoms. The lowest BCUT2D eigenvalue weighted by molar-refractivity contribution is 0.596. The molecular formula is C26H20Cl2N4O2S3. The monoisotopic (exact) mass is 586 g/mol. The van der Waals surface area contributed by atoms with E-state index in [1.54, 1.807) is 24.3 Å². The molecule has 6 nitrogen and oxygen atoms in total. The highest BCUT2D eigenvalue weighted by atomic mass is 35.5. The van der Waals surface area contributed by atoms with Crippen molar-refractivity contribution in [2.24, 2.45) is 19.3 Å². The lowest BCUT2D eigenvalue weighted by Gasteiger charge is -2.10. The maximum atomic E-state index is 13.5. The number of sulfone groups is 1. The van der Waals surface area contributed by atoms with Crippen LogP contribution in [0.1, 0.15) is 11.1 Å². The Morgan fingerprint density at radius 3 is 1.35 bits per heavy atom. The lowest BCUT2D eigenvalue weighted by atomic mass is 10.2. The summed E-state index contributed by atoms with van der Waals surface area (Å²) in [5, 5.41) is 8.16. The first kappa shape index (κ1) is 27.3. The molecule has 0 bridgehead atoms. The summed E-state index contributed by atoms with van der Waals surface area (Å²) in [6.07, 6.45) is 0. The van der Waals surface area contributed by atoms with Crippen LogP contribution in [-0.2, 0) is 9.84 Å². The van der Waals surface area contributed by atoms with Gasteiger partial charge in [-0.05, 0) is 62.4 Å². The Morgan fingerprint density at radius 2 is 0.973 bits per heavy atom. The third-order valence-corrected chi connectivity index (χ3v) is 9.25. The molecule has 0 radical (unpaired) electrons. The first-order chi connectivity index (χ1) is 17.8. The van der Waals surface area contributed by atoms with Crippen molar-refractivity contribution >= 4 is 68.3 Å². The van der Waals surface area contributed by atoms with Crippen molar-refractivity contribution in [1.82, 2.24) is 0 Å². The van der Waals surface area contributed by atoms with Gasteiger partial charge in [0.25, 0.3) is 0 Å². The Labute approximate surface area is 234 Å². The number of benzene rings is 4. The van der Waals surface area contributed by atoms with Gasteiger partial charge in [-0.1, -0.05) is 70.7 Å². The summed E-state index contributed by atoms with van der Waals surface area (Å²) in [5.41, 5.74) is 2.72. The van der Waals surface area contributed by atoms with Crippen LogP contribution in [0.4, 0.5) is 11.4 Å². The van der Waals surface area contributed by atoms with E-state index < -0.39 is 9.84 Å². The van der Waals surface area contributed by atoms with Gasteiger partial charge < -0.3 is 0 Å². The van der Waals surface area contributed by atoms with Crippen molar-refractivity contribution in [1.29, 1.82) is 0 Å². The second kappa shape index (κ2) is 12.2. The SMILES string of the molecule is Cc1ccc(SN=Nc2cccc(S(=O)(=O)c3cccc(N=NSc4ccc(C)cc4)c3Cl)c2Cl)cc1. The number of nitrogens with zero attached hydrogens (tertiary/aromatic N) is 4. The molecule has 0 N–H and O–H groups in total. The van der Waals surface area contributed by atoms with Gasteiger partial charge in [0.15, 0.2) is 0 Å². The van der Waals surface area contributed by atoms with E-state index in [1.165, 1.54) is 12.1 Å². The van der Waals surface area contributed by atoms with Gasteiger partial charge in [0, 0.05) is 33.7 Å². The molecule has 0 fully saturated rings. The number of hydrogen-bond acceptors (Lipinski definition) is 8. The quantitative estimate of drug-likeness (QED) is 0.152. The summed E-state index contributed by atoms with van der Waals surface area (Å²) in [6.45, 7) is 3.99. The van der Waals surface area contributed by atoms with E-state index in [2.05, 4.69) is 19.3 Å². The van der Waals surface area contributed by atoms with Crippen molar-refractivity contribution in [2.45, 2.75) is 33.4 Å². The second-order valence-electron chi connectivity index (χ2n) is 7.85. The normalized spacial score (nSPS) is 12.0. The molecule has 0 atom stereocenters. The van der Waals surface area contributed by atoms with E-state index in [0.717, 1.165) is 44.8 Å². The Morgan fingerprint density at radius 1 is 0.595 bits per heavy atom. The molecule has 4 rings (SSSR count). The molecule has 0 aliphatic carbocycles. The molecule has 0 saturated heterocycles. The molecule has 0 heterocycles. The predicted molar refractivity (Wildman–Crippen MR) is 151 cm³/mol. The van der Waals surface area contributed by atoms with E-state index in [-0.39, 0.29) is 31.2 Å². The van der Waals surface area contributed by atoms with Crippen LogP contribution in [-0.4, -0.2) is 8.42 Å². The standard InChI is InChI=1S/C26H20Cl2N4O2S3/c1-17-9-13-19(14-10-17)35-31-29-21-5-3-7-23(25(21)27)37(33,34)24-8-4-6-22(26(24)28)30-32-36-20-15-11-18(2)12-16-20/h3-16H,1-2H3. The van der Waals surface area contributed by atoms with Gasteiger partial charge in [-0.15, -0.1) is 19.3 Å². The average molecular weight is 588 g/mol. The van der Waals surface area contributed by atoms with Crippen molar-refractivity contribution in [3.63, 3.8) is 0 Å². The molecule has 0 amide bonds. The molecule has 0 unspecified atom stereocenters. The van der Waals surface area contributed by atoms with E-state index in [0.29, 0.717) is 0 Å². The minimum absolute atomic E-state index is 0.0474. The third kappa shape index (κ3) is 6.80. The van der Waals surface area contributed by atoms with Crippen molar-refractivity contribution in [3.05, 3.63) is 106 Å². The van der Waals surface area contributed by atoms with E-state index >= 15 is 0 Å². The van der Waals surface area contributed by atoms with Gasteiger partial charge in [-0.25, -0.2) is 8.42 Å². The summed E-state index contributed by atoms with van der Waals surface area (Å²) in [6, 6.07) is 24.7.